The number of carbonyl (C=O) groups is 1. The quantitative estimate of drug-likeness (QED) is 0.591. The lowest BCUT2D eigenvalue weighted by molar-refractivity contribution is -0.194. The van der Waals surface area contributed by atoms with Crippen LogP contribution in [0.1, 0.15) is 26.7 Å². The Bertz CT molecular complexity index is 376. The molecule has 0 saturated carbocycles. The van der Waals surface area contributed by atoms with Crippen LogP contribution in [0.4, 0.5) is 4.79 Å². The summed E-state index contributed by atoms with van der Waals surface area (Å²) in [6.07, 6.45) is -0.278. The van der Waals surface area contributed by atoms with Crippen LogP contribution >= 0.6 is 0 Å². The van der Waals surface area contributed by atoms with Crippen molar-refractivity contribution in [2.75, 3.05) is 6.61 Å². The summed E-state index contributed by atoms with van der Waals surface area (Å²) in [5, 5.41) is 9.61. The van der Waals surface area contributed by atoms with Crippen LogP contribution in [0.3, 0.4) is 0 Å². The molecule has 0 bridgehead atoms. The van der Waals surface area contributed by atoms with Crippen molar-refractivity contribution in [2.45, 2.75) is 69.4 Å². The van der Waals surface area contributed by atoms with Gasteiger partial charge in [-0.15, -0.1) is 0 Å². The maximum absolute atomic E-state index is 11.6. The van der Waals surface area contributed by atoms with E-state index in [1.54, 1.807) is 0 Å². The molecule has 0 spiro atoms. The second-order valence-corrected chi connectivity index (χ2v) is 12.4. The van der Waals surface area contributed by atoms with Crippen molar-refractivity contribution in [3.8, 4) is 0 Å². The second kappa shape index (κ2) is 4.46. The van der Waals surface area contributed by atoms with E-state index in [2.05, 4.69) is 19.6 Å². The molecule has 0 amide bonds. The highest BCUT2D eigenvalue weighted by Gasteiger charge is 2.59. The third-order valence-corrected chi connectivity index (χ3v) is 7.66. The van der Waals surface area contributed by atoms with E-state index in [4.69, 9.17) is 14.2 Å². The zero-order valence-corrected chi connectivity index (χ0v) is 13.4. The van der Waals surface area contributed by atoms with E-state index in [0.29, 0.717) is 12.8 Å². The van der Waals surface area contributed by atoms with Crippen molar-refractivity contribution in [1.29, 1.82) is 0 Å². The van der Waals surface area contributed by atoms with Crippen molar-refractivity contribution in [3.63, 3.8) is 0 Å². The summed E-state index contributed by atoms with van der Waals surface area (Å²) in [5.74, 6) is 0. The lowest BCUT2D eigenvalue weighted by atomic mass is 9.97. The molecule has 2 heterocycles. The largest absolute Gasteiger partial charge is 0.508 e. The van der Waals surface area contributed by atoms with Gasteiger partial charge in [0.1, 0.15) is 26.0 Å². The first-order valence-electron chi connectivity index (χ1n) is 6.80. The van der Waals surface area contributed by atoms with Gasteiger partial charge in [-0.1, -0.05) is 19.6 Å². The minimum Gasteiger partial charge on any atom is -0.431 e. The molecule has 1 N–H and O–H groups in total. The standard InChI is InChI=1S/C13H24O5Si/c1-12(2)9(14)6-7-13(19(3,4)5)10(17-12)8-16-11(15)18-13/h9-10,14H,6-8H2,1-5H3/t9-,10-,13-/m1/s1. The second-order valence-electron chi connectivity index (χ2n) is 7.07. The van der Waals surface area contributed by atoms with Gasteiger partial charge >= 0.3 is 6.16 Å². The molecule has 2 aliphatic rings. The van der Waals surface area contributed by atoms with Crippen molar-refractivity contribution in [2.24, 2.45) is 0 Å². The maximum atomic E-state index is 11.6. The van der Waals surface area contributed by atoms with E-state index in [1.807, 2.05) is 13.8 Å². The van der Waals surface area contributed by atoms with E-state index in [9.17, 15) is 9.90 Å². The summed E-state index contributed by atoms with van der Waals surface area (Å²) < 4.78 is 16.7. The summed E-state index contributed by atoms with van der Waals surface area (Å²) >= 11 is 0. The summed E-state index contributed by atoms with van der Waals surface area (Å²) in [7, 11) is -1.86. The van der Waals surface area contributed by atoms with E-state index in [0.717, 1.165) is 0 Å². The van der Waals surface area contributed by atoms with Crippen LogP contribution in [0.2, 0.25) is 19.6 Å². The molecule has 2 saturated heterocycles. The SMILES string of the molecule is CC1(C)O[C@@H]2COC(=O)O[C@@]2([Si](C)(C)C)CC[C@H]1O. The number of cyclic esters (lactones) is 1. The van der Waals surface area contributed by atoms with Crippen LogP contribution in [-0.2, 0) is 14.2 Å². The van der Waals surface area contributed by atoms with Gasteiger partial charge in [-0.2, -0.15) is 0 Å². The first kappa shape index (κ1) is 14.8. The smallest absolute Gasteiger partial charge is 0.431 e. The molecule has 0 radical (unpaired) electrons. The first-order valence-corrected chi connectivity index (χ1v) is 10.3. The fourth-order valence-corrected chi connectivity index (χ4v) is 5.41. The van der Waals surface area contributed by atoms with Gasteiger partial charge in [-0.25, -0.2) is 4.79 Å². The highest BCUT2D eigenvalue weighted by Crippen LogP contribution is 2.43. The van der Waals surface area contributed by atoms with Gasteiger partial charge in [0.2, 0.25) is 0 Å². The number of aliphatic hydroxyl groups excluding tert-OH is 1. The molecule has 5 nitrogen and oxygen atoms in total. The fourth-order valence-electron chi connectivity index (χ4n) is 3.02. The van der Waals surface area contributed by atoms with Crippen LogP contribution in [-0.4, -0.2) is 49.0 Å². The van der Waals surface area contributed by atoms with Crippen LogP contribution < -0.4 is 0 Å². The number of aliphatic hydroxyl groups is 1. The zero-order chi connectivity index (χ0) is 14.5. The molecule has 3 atom stereocenters. The van der Waals surface area contributed by atoms with Gasteiger partial charge in [0.25, 0.3) is 0 Å². The number of hydrogen-bond acceptors (Lipinski definition) is 5. The van der Waals surface area contributed by atoms with Crippen molar-refractivity contribution < 1.29 is 24.1 Å². The van der Waals surface area contributed by atoms with Crippen LogP contribution in [0, 0.1) is 0 Å². The monoisotopic (exact) mass is 288 g/mol. The summed E-state index contributed by atoms with van der Waals surface area (Å²) in [5.41, 5.74) is -0.654. The van der Waals surface area contributed by atoms with Crippen LogP contribution in [0.25, 0.3) is 0 Å². The molecule has 19 heavy (non-hydrogen) atoms. The molecule has 0 aromatic rings. The van der Waals surface area contributed by atoms with Crippen molar-refractivity contribution in [3.05, 3.63) is 0 Å². The van der Waals surface area contributed by atoms with E-state index in [1.165, 1.54) is 0 Å². The van der Waals surface area contributed by atoms with Crippen molar-refractivity contribution in [1.82, 2.24) is 0 Å². The van der Waals surface area contributed by atoms with E-state index >= 15 is 0 Å². The van der Waals surface area contributed by atoms with Crippen LogP contribution in [0.5, 0.6) is 0 Å². The van der Waals surface area contributed by atoms with Crippen LogP contribution in [0.15, 0.2) is 0 Å². The van der Waals surface area contributed by atoms with Gasteiger partial charge in [0.15, 0.2) is 0 Å². The molecule has 6 heteroatoms. The van der Waals surface area contributed by atoms with Gasteiger partial charge in [0.05, 0.1) is 11.7 Å². The summed E-state index contributed by atoms with van der Waals surface area (Å²) in [6, 6.07) is 0. The third-order valence-electron chi connectivity index (χ3n) is 4.45. The molecule has 0 aromatic heterocycles. The normalized spacial score (nSPS) is 38.7. The Hall–Kier alpha value is -0.593. The number of ether oxygens (including phenoxy) is 3. The molecule has 0 aromatic carbocycles. The molecular weight excluding hydrogens is 264 g/mol. The maximum Gasteiger partial charge on any atom is 0.508 e. The predicted molar refractivity (Wildman–Crippen MR) is 72.7 cm³/mol. The molecule has 0 aliphatic carbocycles. The zero-order valence-electron chi connectivity index (χ0n) is 12.4. The Morgan fingerprint density at radius 1 is 1.32 bits per heavy atom. The Labute approximate surface area is 115 Å². The Morgan fingerprint density at radius 3 is 2.53 bits per heavy atom. The average molecular weight is 288 g/mol. The Balaban J connectivity index is 2.41. The lowest BCUT2D eigenvalue weighted by Gasteiger charge is -2.49. The van der Waals surface area contributed by atoms with Gasteiger partial charge in [0, 0.05) is 0 Å². The minimum absolute atomic E-state index is 0.208. The first-order chi connectivity index (χ1) is 8.58. The topological polar surface area (TPSA) is 65.0 Å². The summed E-state index contributed by atoms with van der Waals surface area (Å²) in [4.78, 5) is 11.6. The number of hydrogen-bond donors (Lipinski definition) is 1. The van der Waals surface area contributed by atoms with Gasteiger partial charge in [-0.3, -0.25) is 0 Å². The van der Waals surface area contributed by atoms with E-state index in [-0.39, 0.29) is 12.7 Å². The Kier molecular flexibility index (Phi) is 3.48. The molecule has 2 fully saturated rings. The Morgan fingerprint density at radius 2 is 1.95 bits per heavy atom. The average Bonchev–Trinajstić information content (AvgIpc) is 2.35. The van der Waals surface area contributed by atoms with Crippen molar-refractivity contribution >= 4 is 14.2 Å². The van der Waals surface area contributed by atoms with Gasteiger partial charge in [-0.05, 0) is 26.7 Å². The fraction of sp³-hybridized carbons (Fsp3) is 0.923. The molecule has 110 valence electrons. The summed E-state index contributed by atoms with van der Waals surface area (Å²) in [6.45, 7) is 10.4. The van der Waals surface area contributed by atoms with E-state index < -0.39 is 31.2 Å². The third kappa shape index (κ3) is 2.41. The predicted octanol–water partition coefficient (Wildman–Crippen LogP) is 2.09. The number of rotatable bonds is 1. The highest BCUT2D eigenvalue weighted by atomic mass is 28.3. The molecule has 2 aliphatic heterocycles. The number of fused-ring (bicyclic) bond motifs is 1. The number of carbonyl (C=O) groups excluding carboxylic acids is 1. The lowest BCUT2D eigenvalue weighted by Crippen LogP contribution is -2.67. The van der Waals surface area contributed by atoms with Gasteiger partial charge < -0.3 is 19.3 Å². The highest BCUT2D eigenvalue weighted by molar-refractivity contribution is 6.79. The molecule has 2 rings (SSSR count). The molecule has 0 unspecified atom stereocenters. The molecular formula is C13H24O5Si. The minimum atomic E-state index is -1.86.